The summed E-state index contributed by atoms with van der Waals surface area (Å²) in [5.74, 6) is 2.09. The molecule has 2 heterocycles. The van der Waals surface area contributed by atoms with Crippen molar-refractivity contribution in [2.75, 3.05) is 12.1 Å². The summed E-state index contributed by atoms with van der Waals surface area (Å²) in [6, 6.07) is 14.3. The number of amides is 1. The molecule has 0 aliphatic carbocycles. The van der Waals surface area contributed by atoms with E-state index in [-0.39, 0.29) is 19.3 Å². The van der Waals surface area contributed by atoms with E-state index in [0.717, 1.165) is 11.1 Å². The fraction of sp³-hybridized carbons (Fsp3) is 0.150. The van der Waals surface area contributed by atoms with Crippen LogP contribution in [0.2, 0.25) is 0 Å². The molecule has 1 aliphatic heterocycles. The molecule has 26 heavy (non-hydrogen) atoms. The molecule has 0 atom stereocenters. The molecule has 2 N–H and O–H groups in total. The van der Waals surface area contributed by atoms with Crippen molar-refractivity contribution in [1.82, 2.24) is 0 Å². The van der Waals surface area contributed by atoms with Crippen molar-refractivity contribution in [2.45, 2.75) is 13.5 Å². The third-order valence-electron chi connectivity index (χ3n) is 4.22. The number of ether oxygens (including phenoxy) is 2. The summed E-state index contributed by atoms with van der Waals surface area (Å²) in [6.45, 7) is 1.93. The Balaban J connectivity index is 1.59. The molecule has 0 fully saturated rings. The van der Waals surface area contributed by atoms with Gasteiger partial charge in [-0.25, -0.2) is 0 Å². The first kappa shape index (κ1) is 16.2. The molecule has 1 amide bonds. The Morgan fingerprint density at radius 3 is 2.73 bits per heavy atom. The standard InChI is InChI=1S/C20H17NO5/c1-12-2-3-13(17-7-5-15(10-22)26-17)8-16(12)21-20(23)14-4-6-18-19(9-14)25-11-24-18/h2-9,22H,10-11H2,1H3,(H,21,23). The monoisotopic (exact) mass is 351 g/mol. The summed E-state index contributed by atoms with van der Waals surface area (Å²) in [5.41, 5.74) is 2.92. The third kappa shape index (κ3) is 3.02. The van der Waals surface area contributed by atoms with Crippen LogP contribution in [0.3, 0.4) is 0 Å². The molecule has 0 saturated carbocycles. The molecule has 0 spiro atoms. The number of hydrogen-bond donors (Lipinski definition) is 2. The third-order valence-corrected chi connectivity index (χ3v) is 4.22. The Hall–Kier alpha value is -3.25. The Kier molecular flexibility index (Phi) is 4.10. The number of anilines is 1. The van der Waals surface area contributed by atoms with Crippen LogP contribution in [-0.4, -0.2) is 17.8 Å². The second kappa shape index (κ2) is 6.57. The minimum Gasteiger partial charge on any atom is -0.459 e. The number of carbonyl (C=O) groups excluding carboxylic acids is 1. The lowest BCUT2D eigenvalue weighted by atomic mass is 10.1. The highest BCUT2D eigenvalue weighted by Gasteiger charge is 2.17. The lowest BCUT2D eigenvalue weighted by Crippen LogP contribution is -2.12. The highest BCUT2D eigenvalue weighted by Crippen LogP contribution is 2.33. The number of aliphatic hydroxyl groups is 1. The molecule has 3 aromatic rings. The molecular formula is C20H17NO5. The molecule has 1 aliphatic rings. The molecule has 1 aromatic heterocycles. The number of benzene rings is 2. The summed E-state index contributed by atoms with van der Waals surface area (Å²) in [5, 5.41) is 12.1. The maximum atomic E-state index is 12.6. The maximum Gasteiger partial charge on any atom is 0.255 e. The molecule has 132 valence electrons. The van der Waals surface area contributed by atoms with Gasteiger partial charge in [-0.15, -0.1) is 0 Å². The number of nitrogens with one attached hydrogen (secondary N) is 1. The van der Waals surface area contributed by atoms with Crippen LogP contribution in [0.1, 0.15) is 21.7 Å². The zero-order valence-electron chi connectivity index (χ0n) is 14.1. The minimum atomic E-state index is -0.237. The van der Waals surface area contributed by atoms with Crippen LogP contribution in [-0.2, 0) is 6.61 Å². The summed E-state index contributed by atoms with van der Waals surface area (Å²) in [6.07, 6.45) is 0. The second-order valence-electron chi connectivity index (χ2n) is 5.98. The quantitative estimate of drug-likeness (QED) is 0.749. The van der Waals surface area contributed by atoms with E-state index in [9.17, 15) is 4.79 Å². The molecule has 0 saturated heterocycles. The van der Waals surface area contributed by atoms with E-state index in [1.807, 2.05) is 25.1 Å². The second-order valence-corrected chi connectivity index (χ2v) is 5.98. The SMILES string of the molecule is Cc1ccc(-c2ccc(CO)o2)cc1NC(=O)c1ccc2c(c1)OCO2. The predicted octanol–water partition coefficient (Wildman–Crippen LogP) is 3.73. The Bertz CT molecular complexity index is 976. The topological polar surface area (TPSA) is 80.9 Å². The van der Waals surface area contributed by atoms with Gasteiger partial charge in [-0.2, -0.15) is 0 Å². The van der Waals surface area contributed by atoms with Crippen LogP contribution in [0.15, 0.2) is 52.9 Å². The number of aryl methyl sites for hydroxylation is 1. The van der Waals surface area contributed by atoms with E-state index in [1.54, 1.807) is 30.3 Å². The Morgan fingerprint density at radius 1 is 1.08 bits per heavy atom. The van der Waals surface area contributed by atoms with Crippen molar-refractivity contribution in [3.8, 4) is 22.8 Å². The molecule has 4 rings (SSSR count). The molecule has 2 aromatic carbocycles. The van der Waals surface area contributed by atoms with Gasteiger partial charge in [0.2, 0.25) is 6.79 Å². The predicted molar refractivity (Wildman–Crippen MR) is 95.3 cm³/mol. The molecule has 0 radical (unpaired) electrons. The number of fused-ring (bicyclic) bond motifs is 1. The van der Waals surface area contributed by atoms with Gasteiger partial charge < -0.3 is 24.3 Å². The van der Waals surface area contributed by atoms with Crippen LogP contribution >= 0.6 is 0 Å². The van der Waals surface area contributed by atoms with Crippen LogP contribution < -0.4 is 14.8 Å². The molecule has 0 bridgehead atoms. The van der Waals surface area contributed by atoms with Gasteiger partial charge in [-0.05, 0) is 48.9 Å². The van der Waals surface area contributed by atoms with Gasteiger partial charge >= 0.3 is 0 Å². The lowest BCUT2D eigenvalue weighted by Gasteiger charge is -2.10. The fourth-order valence-electron chi connectivity index (χ4n) is 2.76. The van der Waals surface area contributed by atoms with E-state index in [1.165, 1.54) is 0 Å². The van der Waals surface area contributed by atoms with Crippen molar-refractivity contribution in [1.29, 1.82) is 0 Å². The average Bonchev–Trinajstić information content (AvgIpc) is 3.31. The van der Waals surface area contributed by atoms with E-state index in [0.29, 0.717) is 34.3 Å². The maximum absolute atomic E-state index is 12.6. The van der Waals surface area contributed by atoms with E-state index < -0.39 is 0 Å². The van der Waals surface area contributed by atoms with Gasteiger partial charge in [-0.1, -0.05) is 12.1 Å². The van der Waals surface area contributed by atoms with Crippen molar-refractivity contribution >= 4 is 11.6 Å². The van der Waals surface area contributed by atoms with E-state index in [2.05, 4.69) is 5.32 Å². The number of hydrogen-bond acceptors (Lipinski definition) is 5. The molecular weight excluding hydrogens is 334 g/mol. The first-order chi connectivity index (χ1) is 12.6. The van der Waals surface area contributed by atoms with Crippen molar-refractivity contribution in [2.24, 2.45) is 0 Å². The van der Waals surface area contributed by atoms with Gasteiger partial charge in [0, 0.05) is 16.8 Å². The average molecular weight is 351 g/mol. The number of carbonyl (C=O) groups is 1. The van der Waals surface area contributed by atoms with Gasteiger partial charge in [0.05, 0.1) is 0 Å². The minimum absolute atomic E-state index is 0.153. The van der Waals surface area contributed by atoms with Crippen LogP contribution in [0.4, 0.5) is 5.69 Å². The lowest BCUT2D eigenvalue weighted by molar-refractivity contribution is 0.102. The van der Waals surface area contributed by atoms with E-state index in [4.69, 9.17) is 19.0 Å². The van der Waals surface area contributed by atoms with Gasteiger partial charge in [-0.3, -0.25) is 4.79 Å². The van der Waals surface area contributed by atoms with Crippen LogP contribution in [0.5, 0.6) is 11.5 Å². The Morgan fingerprint density at radius 2 is 1.92 bits per heavy atom. The zero-order valence-corrected chi connectivity index (χ0v) is 14.1. The first-order valence-electron chi connectivity index (χ1n) is 8.15. The summed E-state index contributed by atoms with van der Waals surface area (Å²) < 4.78 is 16.1. The first-order valence-corrected chi connectivity index (χ1v) is 8.15. The Labute approximate surface area is 150 Å². The summed E-state index contributed by atoms with van der Waals surface area (Å²) in [7, 11) is 0. The normalized spacial score (nSPS) is 12.2. The van der Waals surface area contributed by atoms with Crippen molar-refractivity contribution in [3.05, 3.63) is 65.4 Å². The van der Waals surface area contributed by atoms with Crippen LogP contribution in [0, 0.1) is 6.92 Å². The molecule has 6 nitrogen and oxygen atoms in total. The smallest absolute Gasteiger partial charge is 0.255 e. The van der Waals surface area contributed by atoms with Crippen LogP contribution in [0.25, 0.3) is 11.3 Å². The highest BCUT2D eigenvalue weighted by molar-refractivity contribution is 6.05. The molecule has 0 unspecified atom stereocenters. The summed E-state index contributed by atoms with van der Waals surface area (Å²) >= 11 is 0. The number of aliphatic hydroxyl groups excluding tert-OH is 1. The largest absolute Gasteiger partial charge is 0.459 e. The fourth-order valence-corrected chi connectivity index (χ4v) is 2.76. The van der Waals surface area contributed by atoms with Crippen molar-refractivity contribution < 1.29 is 23.8 Å². The van der Waals surface area contributed by atoms with Gasteiger partial charge in [0.15, 0.2) is 11.5 Å². The summed E-state index contributed by atoms with van der Waals surface area (Å²) in [4.78, 5) is 12.6. The van der Waals surface area contributed by atoms with E-state index >= 15 is 0 Å². The van der Waals surface area contributed by atoms with Crippen molar-refractivity contribution in [3.63, 3.8) is 0 Å². The zero-order chi connectivity index (χ0) is 18.1. The number of furan rings is 1. The number of rotatable bonds is 4. The molecule has 6 heteroatoms. The highest BCUT2D eigenvalue weighted by atomic mass is 16.7. The van der Waals surface area contributed by atoms with Gasteiger partial charge in [0.25, 0.3) is 5.91 Å². The van der Waals surface area contributed by atoms with Gasteiger partial charge in [0.1, 0.15) is 18.1 Å².